The molecule has 8 nitrogen and oxygen atoms in total. The van der Waals surface area contributed by atoms with Gasteiger partial charge in [0.15, 0.2) is 0 Å². The summed E-state index contributed by atoms with van der Waals surface area (Å²) in [5, 5.41) is 7.88. The zero-order valence-electron chi connectivity index (χ0n) is 15.1. The Morgan fingerprint density at radius 3 is 2.62 bits per heavy atom. The van der Waals surface area contributed by atoms with E-state index in [0.717, 1.165) is 38.8 Å². The van der Waals surface area contributed by atoms with E-state index in [2.05, 4.69) is 10.4 Å². The van der Waals surface area contributed by atoms with Crippen LogP contribution in [0.25, 0.3) is 0 Å². The number of ether oxygens (including phenoxy) is 1. The van der Waals surface area contributed by atoms with Gasteiger partial charge in [-0.1, -0.05) is 0 Å². The number of hydrogen-bond acceptors (Lipinski definition) is 5. The van der Waals surface area contributed by atoms with Gasteiger partial charge in [0.25, 0.3) is 11.8 Å². The first kappa shape index (κ1) is 17.5. The van der Waals surface area contributed by atoms with Gasteiger partial charge in [0.05, 0.1) is 6.04 Å². The van der Waals surface area contributed by atoms with Crippen molar-refractivity contribution in [3.63, 3.8) is 0 Å². The molecule has 0 bridgehead atoms. The molecule has 0 spiro atoms. The molecule has 2 atom stereocenters. The summed E-state index contributed by atoms with van der Waals surface area (Å²) in [7, 11) is 0. The molecular formula is C18H27N5O3. The van der Waals surface area contributed by atoms with Crippen LogP contribution in [0.4, 0.5) is 0 Å². The number of hydrogen-bond donors (Lipinski definition) is 1. The minimum absolute atomic E-state index is 0.0447. The third-order valence-corrected chi connectivity index (χ3v) is 5.56. The molecule has 2 unspecified atom stereocenters. The summed E-state index contributed by atoms with van der Waals surface area (Å²) in [6, 6.07) is 2.13. The Morgan fingerprint density at radius 2 is 1.92 bits per heavy atom. The van der Waals surface area contributed by atoms with Crippen LogP contribution in [0.3, 0.4) is 0 Å². The van der Waals surface area contributed by atoms with Crippen molar-refractivity contribution in [2.45, 2.75) is 37.8 Å². The molecule has 3 aliphatic heterocycles. The van der Waals surface area contributed by atoms with E-state index >= 15 is 0 Å². The lowest BCUT2D eigenvalue weighted by Gasteiger charge is -2.35. The zero-order valence-corrected chi connectivity index (χ0v) is 15.1. The minimum atomic E-state index is -0.281. The Hall–Kier alpha value is -1.93. The first-order chi connectivity index (χ1) is 12.7. The second-order valence-corrected chi connectivity index (χ2v) is 7.30. The zero-order chi connectivity index (χ0) is 17.9. The molecule has 1 aromatic heterocycles. The normalized spacial score (nSPS) is 26.9. The quantitative estimate of drug-likeness (QED) is 0.836. The Morgan fingerprint density at radius 1 is 1.12 bits per heavy atom. The topological polar surface area (TPSA) is 79.7 Å². The van der Waals surface area contributed by atoms with Crippen molar-refractivity contribution in [1.82, 2.24) is 24.9 Å². The van der Waals surface area contributed by atoms with Crippen LogP contribution in [0.15, 0.2) is 12.3 Å². The predicted octanol–water partition coefficient (Wildman–Crippen LogP) is 0.271. The van der Waals surface area contributed by atoms with E-state index in [1.54, 1.807) is 11.0 Å². The van der Waals surface area contributed by atoms with Crippen LogP contribution in [-0.2, 0) is 9.53 Å². The maximum absolute atomic E-state index is 12.7. The fourth-order valence-corrected chi connectivity index (χ4v) is 3.98. The highest BCUT2D eigenvalue weighted by Gasteiger charge is 2.32. The predicted molar refractivity (Wildman–Crippen MR) is 94.8 cm³/mol. The van der Waals surface area contributed by atoms with Crippen molar-refractivity contribution in [1.29, 1.82) is 0 Å². The van der Waals surface area contributed by atoms with Gasteiger partial charge in [-0.3, -0.25) is 14.3 Å². The molecule has 4 heterocycles. The molecule has 3 saturated heterocycles. The lowest BCUT2D eigenvalue weighted by Crippen LogP contribution is -2.52. The smallest absolute Gasteiger partial charge is 0.274 e. The number of piperidine rings is 1. The Kier molecular flexibility index (Phi) is 5.21. The molecule has 3 fully saturated rings. The van der Waals surface area contributed by atoms with Crippen LogP contribution in [0.2, 0.25) is 0 Å². The van der Waals surface area contributed by atoms with E-state index in [1.165, 1.54) is 0 Å². The summed E-state index contributed by atoms with van der Waals surface area (Å²) < 4.78 is 7.40. The van der Waals surface area contributed by atoms with Gasteiger partial charge in [0.2, 0.25) is 0 Å². The molecule has 4 rings (SSSR count). The number of nitrogens with zero attached hydrogens (tertiary/aromatic N) is 4. The molecule has 1 aromatic rings. The molecule has 0 aromatic carbocycles. The summed E-state index contributed by atoms with van der Waals surface area (Å²) in [6.07, 6.45) is 5.61. The molecular weight excluding hydrogens is 334 g/mol. The molecule has 0 saturated carbocycles. The number of carbonyl (C=O) groups excluding carboxylic acids is 2. The van der Waals surface area contributed by atoms with Gasteiger partial charge in [0, 0.05) is 45.5 Å². The standard InChI is InChI=1S/C18H27N5O3/c24-17(15-5-7-23(20-15)14-3-1-6-19-13-14)21-8-10-22(11-9-21)18(25)16-4-2-12-26-16/h5,7,14,16,19H,1-4,6,8-13H2. The summed E-state index contributed by atoms with van der Waals surface area (Å²) >= 11 is 0. The molecule has 0 aliphatic carbocycles. The molecule has 26 heavy (non-hydrogen) atoms. The molecule has 1 N–H and O–H groups in total. The van der Waals surface area contributed by atoms with Gasteiger partial charge >= 0.3 is 0 Å². The SMILES string of the molecule is O=C(c1ccn(C2CCCNC2)n1)N1CCN(C(=O)C2CCCO2)CC1. The van der Waals surface area contributed by atoms with E-state index in [1.807, 2.05) is 15.8 Å². The maximum Gasteiger partial charge on any atom is 0.274 e. The third kappa shape index (κ3) is 3.61. The van der Waals surface area contributed by atoms with Crippen LogP contribution >= 0.6 is 0 Å². The average Bonchev–Trinajstić information content (AvgIpc) is 3.40. The van der Waals surface area contributed by atoms with Crippen molar-refractivity contribution >= 4 is 11.8 Å². The lowest BCUT2D eigenvalue weighted by atomic mass is 10.1. The number of amides is 2. The van der Waals surface area contributed by atoms with Gasteiger partial charge in [0.1, 0.15) is 11.8 Å². The van der Waals surface area contributed by atoms with Gasteiger partial charge in [-0.15, -0.1) is 0 Å². The summed E-state index contributed by atoms with van der Waals surface area (Å²) in [5.74, 6) is 0.0282. The molecule has 142 valence electrons. The van der Waals surface area contributed by atoms with Crippen molar-refractivity contribution in [3.05, 3.63) is 18.0 Å². The fraction of sp³-hybridized carbons (Fsp3) is 0.722. The van der Waals surface area contributed by atoms with E-state index in [0.29, 0.717) is 44.5 Å². The highest BCUT2D eigenvalue weighted by Crippen LogP contribution is 2.18. The lowest BCUT2D eigenvalue weighted by molar-refractivity contribution is -0.142. The summed E-state index contributed by atoms with van der Waals surface area (Å²) in [5.41, 5.74) is 0.495. The largest absolute Gasteiger partial charge is 0.368 e. The maximum atomic E-state index is 12.7. The number of nitrogens with one attached hydrogen (secondary N) is 1. The fourth-order valence-electron chi connectivity index (χ4n) is 3.98. The van der Waals surface area contributed by atoms with E-state index in [4.69, 9.17) is 4.74 Å². The Labute approximate surface area is 153 Å². The highest BCUT2D eigenvalue weighted by atomic mass is 16.5. The number of piperazine rings is 1. The number of carbonyl (C=O) groups is 2. The average molecular weight is 361 g/mol. The molecule has 2 amide bonds. The van der Waals surface area contributed by atoms with Crippen LogP contribution in [0.1, 0.15) is 42.2 Å². The first-order valence-electron chi connectivity index (χ1n) is 9.68. The summed E-state index contributed by atoms with van der Waals surface area (Å²) in [4.78, 5) is 28.8. The number of rotatable bonds is 3. The van der Waals surface area contributed by atoms with Crippen molar-refractivity contribution in [2.75, 3.05) is 45.9 Å². The second kappa shape index (κ2) is 7.75. The first-order valence-corrected chi connectivity index (χ1v) is 9.68. The van der Waals surface area contributed by atoms with Gasteiger partial charge in [-0.25, -0.2) is 0 Å². The highest BCUT2D eigenvalue weighted by molar-refractivity contribution is 5.92. The Balaban J connectivity index is 1.32. The Bertz CT molecular complexity index is 641. The van der Waals surface area contributed by atoms with Gasteiger partial charge in [-0.05, 0) is 38.3 Å². The van der Waals surface area contributed by atoms with Gasteiger partial charge in [-0.2, -0.15) is 5.10 Å². The van der Waals surface area contributed by atoms with Crippen molar-refractivity contribution in [3.8, 4) is 0 Å². The minimum Gasteiger partial charge on any atom is -0.368 e. The van der Waals surface area contributed by atoms with Crippen LogP contribution < -0.4 is 5.32 Å². The molecule has 3 aliphatic rings. The second-order valence-electron chi connectivity index (χ2n) is 7.30. The summed E-state index contributed by atoms with van der Waals surface area (Å²) in [6.45, 7) is 4.87. The van der Waals surface area contributed by atoms with Crippen LogP contribution in [0, 0.1) is 0 Å². The van der Waals surface area contributed by atoms with Crippen LogP contribution in [0.5, 0.6) is 0 Å². The van der Waals surface area contributed by atoms with Crippen molar-refractivity contribution < 1.29 is 14.3 Å². The molecule has 0 radical (unpaired) electrons. The van der Waals surface area contributed by atoms with E-state index in [-0.39, 0.29) is 17.9 Å². The third-order valence-electron chi connectivity index (χ3n) is 5.56. The molecule has 8 heteroatoms. The van der Waals surface area contributed by atoms with Gasteiger partial charge < -0.3 is 19.9 Å². The van der Waals surface area contributed by atoms with E-state index < -0.39 is 0 Å². The van der Waals surface area contributed by atoms with Crippen molar-refractivity contribution in [2.24, 2.45) is 0 Å². The number of aromatic nitrogens is 2. The monoisotopic (exact) mass is 361 g/mol. The van der Waals surface area contributed by atoms with Crippen LogP contribution in [-0.4, -0.2) is 83.4 Å². The van der Waals surface area contributed by atoms with E-state index in [9.17, 15) is 9.59 Å².